The van der Waals surface area contributed by atoms with Gasteiger partial charge in [0.15, 0.2) is 8.32 Å². The van der Waals surface area contributed by atoms with E-state index in [1.807, 2.05) is 20.8 Å². The van der Waals surface area contributed by atoms with Gasteiger partial charge in [0, 0.05) is 6.10 Å². The van der Waals surface area contributed by atoms with Crippen molar-refractivity contribution in [2.75, 3.05) is 6.61 Å². The first-order chi connectivity index (χ1) is 11.7. The first-order valence-corrected chi connectivity index (χ1v) is 12.9. The van der Waals surface area contributed by atoms with Crippen LogP contribution in [0.15, 0.2) is 0 Å². The van der Waals surface area contributed by atoms with Crippen molar-refractivity contribution in [1.29, 1.82) is 0 Å². The lowest BCUT2D eigenvalue weighted by molar-refractivity contribution is 0.0459. The second-order valence-corrected chi connectivity index (χ2v) is 15.0. The molecule has 0 aliphatic heterocycles. The number of carbonyl (C=O) groups is 1. The van der Waals surface area contributed by atoms with Gasteiger partial charge in [-0.25, -0.2) is 4.79 Å². The number of aliphatic hydroxyl groups is 1. The SMILES string of the molecule is CC(C)(C)OC(=O)NC(CO)CC1CCC(O[Si](C)(C)C(C)(C)C)CC1. The lowest BCUT2D eigenvalue weighted by Gasteiger charge is -2.41. The van der Waals surface area contributed by atoms with Crippen molar-refractivity contribution >= 4 is 14.4 Å². The first-order valence-electron chi connectivity index (χ1n) is 10.0. The number of hydrogen-bond acceptors (Lipinski definition) is 4. The Kier molecular flexibility index (Phi) is 8.17. The Morgan fingerprint density at radius 2 is 1.65 bits per heavy atom. The zero-order valence-electron chi connectivity index (χ0n) is 18.1. The maximum absolute atomic E-state index is 11.9. The molecule has 0 bridgehead atoms. The van der Waals surface area contributed by atoms with E-state index in [1.165, 1.54) is 0 Å². The molecule has 0 radical (unpaired) electrons. The van der Waals surface area contributed by atoms with Gasteiger partial charge in [-0.3, -0.25) is 0 Å². The van der Waals surface area contributed by atoms with E-state index in [0.29, 0.717) is 12.0 Å². The van der Waals surface area contributed by atoms with Gasteiger partial charge in [-0.05, 0) is 76.9 Å². The van der Waals surface area contributed by atoms with Gasteiger partial charge in [0.25, 0.3) is 0 Å². The van der Waals surface area contributed by atoms with Gasteiger partial charge in [-0.1, -0.05) is 20.8 Å². The van der Waals surface area contributed by atoms with Crippen molar-refractivity contribution in [2.24, 2.45) is 5.92 Å². The minimum atomic E-state index is -1.71. The van der Waals surface area contributed by atoms with Gasteiger partial charge < -0.3 is 19.6 Å². The Hall–Kier alpha value is -0.593. The average Bonchev–Trinajstić information content (AvgIpc) is 2.45. The van der Waals surface area contributed by atoms with E-state index in [4.69, 9.17) is 9.16 Å². The fraction of sp³-hybridized carbons (Fsp3) is 0.950. The maximum atomic E-state index is 11.9. The van der Waals surface area contributed by atoms with Crippen molar-refractivity contribution in [1.82, 2.24) is 5.32 Å². The third-order valence-electron chi connectivity index (χ3n) is 5.62. The molecule has 1 aliphatic rings. The van der Waals surface area contributed by atoms with Crippen LogP contribution in [0.5, 0.6) is 0 Å². The van der Waals surface area contributed by atoms with Crippen LogP contribution in [0.3, 0.4) is 0 Å². The molecule has 0 aromatic carbocycles. The van der Waals surface area contributed by atoms with Gasteiger partial charge in [0.2, 0.25) is 0 Å². The number of carbonyl (C=O) groups excluding carboxylic acids is 1. The molecule has 154 valence electrons. The van der Waals surface area contributed by atoms with Crippen LogP contribution in [-0.4, -0.2) is 43.9 Å². The van der Waals surface area contributed by atoms with Gasteiger partial charge in [0.05, 0.1) is 12.6 Å². The van der Waals surface area contributed by atoms with E-state index in [1.54, 1.807) is 0 Å². The zero-order chi connectivity index (χ0) is 20.2. The van der Waals surface area contributed by atoms with Gasteiger partial charge in [-0.15, -0.1) is 0 Å². The molecular formula is C20H41NO4Si. The zero-order valence-corrected chi connectivity index (χ0v) is 19.1. The molecule has 1 fully saturated rings. The van der Waals surface area contributed by atoms with Crippen LogP contribution in [0.25, 0.3) is 0 Å². The highest BCUT2D eigenvalue weighted by Gasteiger charge is 2.40. The van der Waals surface area contributed by atoms with Crippen LogP contribution in [0.2, 0.25) is 18.1 Å². The maximum Gasteiger partial charge on any atom is 0.407 e. The summed E-state index contributed by atoms with van der Waals surface area (Å²) in [6.07, 6.45) is 5.02. The van der Waals surface area contributed by atoms with Crippen molar-refractivity contribution in [3.05, 3.63) is 0 Å². The fourth-order valence-corrected chi connectivity index (χ4v) is 4.56. The fourth-order valence-electron chi connectivity index (χ4n) is 3.13. The normalized spacial score (nSPS) is 23.4. The second kappa shape index (κ2) is 9.07. The van der Waals surface area contributed by atoms with Crippen molar-refractivity contribution in [3.63, 3.8) is 0 Å². The van der Waals surface area contributed by atoms with Crippen LogP contribution < -0.4 is 5.32 Å². The van der Waals surface area contributed by atoms with Gasteiger partial charge in [-0.2, -0.15) is 0 Å². The summed E-state index contributed by atoms with van der Waals surface area (Å²) >= 11 is 0. The van der Waals surface area contributed by atoms with Gasteiger partial charge in [0.1, 0.15) is 5.60 Å². The minimum Gasteiger partial charge on any atom is -0.444 e. The molecule has 5 nitrogen and oxygen atoms in total. The van der Waals surface area contributed by atoms with E-state index in [9.17, 15) is 9.90 Å². The molecular weight excluding hydrogens is 346 g/mol. The standard InChI is InChI=1S/C20H41NO4Si/c1-19(2,3)24-18(23)21-16(14-22)13-15-9-11-17(12-10-15)25-26(7,8)20(4,5)6/h15-17,22H,9-14H2,1-8H3,(H,21,23). The summed E-state index contributed by atoms with van der Waals surface area (Å²) in [6.45, 7) is 16.9. The van der Waals surface area contributed by atoms with Crippen LogP contribution >= 0.6 is 0 Å². The molecule has 26 heavy (non-hydrogen) atoms. The largest absolute Gasteiger partial charge is 0.444 e. The summed E-state index contributed by atoms with van der Waals surface area (Å²) in [5, 5.41) is 12.7. The van der Waals surface area contributed by atoms with Crippen molar-refractivity contribution in [2.45, 2.75) is 110 Å². The number of hydrogen-bond donors (Lipinski definition) is 2. The number of alkyl carbamates (subject to hydrolysis) is 1. The smallest absolute Gasteiger partial charge is 0.407 e. The molecule has 1 rings (SSSR count). The van der Waals surface area contributed by atoms with Crippen LogP contribution in [0, 0.1) is 5.92 Å². The van der Waals surface area contributed by atoms with Crippen LogP contribution in [0.1, 0.15) is 73.6 Å². The summed E-state index contributed by atoms with van der Waals surface area (Å²) in [7, 11) is -1.71. The molecule has 1 unspecified atom stereocenters. The molecule has 0 aromatic heterocycles. The van der Waals surface area contributed by atoms with E-state index in [-0.39, 0.29) is 17.7 Å². The lowest BCUT2D eigenvalue weighted by atomic mass is 9.83. The van der Waals surface area contributed by atoms with E-state index < -0.39 is 20.0 Å². The highest BCUT2D eigenvalue weighted by molar-refractivity contribution is 6.74. The Balaban J connectivity index is 2.44. The molecule has 1 saturated carbocycles. The average molecular weight is 388 g/mol. The number of rotatable bonds is 6. The predicted molar refractivity (Wildman–Crippen MR) is 109 cm³/mol. The van der Waals surface area contributed by atoms with Crippen molar-refractivity contribution in [3.8, 4) is 0 Å². The number of ether oxygens (including phenoxy) is 1. The van der Waals surface area contributed by atoms with E-state index >= 15 is 0 Å². The Labute approximate surface area is 161 Å². The Morgan fingerprint density at radius 1 is 1.12 bits per heavy atom. The van der Waals surface area contributed by atoms with E-state index in [2.05, 4.69) is 39.2 Å². The highest BCUT2D eigenvalue weighted by atomic mass is 28.4. The van der Waals surface area contributed by atoms with Crippen molar-refractivity contribution < 1.29 is 19.1 Å². The van der Waals surface area contributed by atoms with E-state index in [0.717, 1.165) is 32.1 Å². The third-order valence-corrected chi connectivity index (χ3v) is 10.2. The Bertz CT molecular complexity index is 446. The van der Waals surface area contributed by atoms with Crippen LogP contribution in [0.4, 0.5) is 4.79 Å². The molecule has 1 atom stereocenters. The molecule has 1 aliphatic carbocycles. The summed E-state index contributed by atoms with van der Waals surface area (Å²) in [4.78, 5) is 11.9. The number of nitrogens with one attached hydrogen (secondary N) is 1. The molecule has 1 amide bonds. The number of aliphatic hydroxyl groups excluding tert-OH is 1. The molecule has 2 N–H and O–H groups in total. The summed E-state index contributed by atoms with van der Waals surface area (Å²) in [6, 6.07) is -0.243. The second-order valence-electron chi connectivity index (χ2n) is 10.3. The predicted octanol–water partition coefficient (Wildman–Crippen LogP) is 4.84. The summed E-state index contributed by atoms with van der Waals surface area (Å²) in [5.41, 5.74) is -0.525. The summed E-state index contributed by atoms with van der Waals surface area (Å²) in [5.74, 6) is 0.515. The lowest BCUT2D eigenvalue weighted by Crippen LogP contribution is -2.45. The highest BCUT2D eigenvalue weighted by Crippen LogP contribution is 2.40. The molecule has 6 heteroatoms. The minimum absolute atomic E-state index is 0.0559. The topological polar surface area (TPSA) is 67.8 Å². The molecule has 0 saturated heterocycles. The van der Waals surface area contributed by atoms with Gasteiger partial charge >= 0.3 is 6.09 Å². The number of amides is 1. The molecule has 0 aromatic rings. The monoisotopic (exact) mass is 387 g/mol. The first kappa shape index (κ1) is 23.4. The molecule has 0 spiro atoms. The molecule has 0 heterocycles. The summed E-state index contributed by atoms with van der Waals surface area (Å²) < 4.78 is 11.8. The third kappa shape index (κ3) is 7.97. The van der Waals surface area contributed by atoms with Crippen LogP contribution in [-0.2, 0) is 9.16 Å². The Morgan fingerprint density at radius 3 is 2.08 bits per heavy atom. The quantitative estimate of drug-likeness (QED) is 0.640.